The van der Waals surface area contributed by atoms with Crippen LogP contribution in [0.1, 0.15) is 15.9 Å². The zero-order chi connectivity index (χ0) is 14.5. The van der Waals surface area contributed by atoms with Gasteiger partial charge >= 0.3 is 0 Å². The Labute approximate surface area is 115 Å². The summed E-state index contributed by atoms with van der Waals surface area (Å²) in [4.78, 5) is 12.0. The van der Waals surface area contributed by atoms with Crippen molar-refractivity contribution in [1.29, 1.82) is 5.26 Å². The van der Waals surface area contributed by atoms with E-state index < -0.39 is 11.7 Å². The number of anilines is 1. The van der Waals surface area contributed by atoms with Crippen LogP contribution in [-0.4, -0.2) is 13.0 Å². The van der Waals surface area contributed by atoms with E-state index in [4.69, 9.17) is 10.00 Å². The largest absolute Gasteiger partial charge is 0.497 e. The van der Waals surface area contributed by atoms with E-state index in [-0.39, 0.29) is 5.56 Å². The summed E-state index contributed by atoms with van der Waals surface area (Å²) in [6.07, 6.45) is 0. The quantitative estimate of drug-likeness (QED) is 0.932. The van der Waals surface area contributed by atoms with Crippen molar-refractivity contribution < 1.29 is 13.9 Å². The van der Waals surface area contributed by atoms with E-state index in [1.165, 1.54) is 25.3 Å². The molecule has 2 aromatic rings. The minimum Gasteiger partial charge on any atom is -0.497 e. The summed E-state index contributed by atoms with van der Waals surface area (Å²) in [6.45, 7) is 0. The summed E-state index contributed by atoms with van der Waals surface area (Å²) >= 11 is 0. The maximum absolute atomic E-state index is 13.7. The minimum absolute atomic E-state index is 0.0897. The summed E-state index contributed by atoms with van der Waals surface area (Å²) in [5.41, 5.74) is 0.760. The van der Waals surface area contributed by atoms with Crippen LogP contribution >= 0.6 is 0 Å². The molecule has 20 heavy (non-hydrogen) atoms. The number of methoxy groups -OCH3 is 1. The van der Waals surface area contributed by atoms with Gasteiger partial charge in [0.2, 0.25) is 0 Å². The van der Waals surface area contributed by atoms with Gasteiger partial charge in [-0.25, -0.2) is 4.39 Å². The maximum atomic E-state index is 13.7. The molecule has 4 nitrogen and oxygen atoms in total. The van der Waals surface area contributed by atoms with Gasteiger partial charge in [-0.1, -0.05) is 6.07 Å². The Morgan fingerprint density at radius 3 is 2.75 bits per heavy atom. The van der Waals surface area contributed by atoms with Gasteiger partial charge < -0.3 is 10.1 Å². The molecular weight excluding hydrogens is 259 g/mol. The molecule has 0 unspecified atom stereocenters. The number of benzene rings is 2. The summed E-state index contributed by atoms with van der Waals surface area (Å²) in [5.74, 6) is -0.913. The average molecular weight is 270 g/mol. The summed E-state index contributed by atoms with van der Waals surface area (Å²) in [5, 5.41) is 11.3. The first-order valence-electron chi connectivity index (χ1n) is 5.79. The van der Waals surface area contributed by atoms with Gasteiger partial charge in [0.15, 0.2) is 0 Å². The van der Waals surface area contributed by atoms with Gasteiger partial charge in [-0.2, -0.15) is 5.26 Å². The molecule has 0 heterocycles. The van der Waals surface area contributed by atoms with Crippen LogP contribution < -0.4 is 10.1 Å². The SMILES string of the molecule is COc1ccc(C(=O)Nc2cccc(C#N)c2)c(F)c1. The second-order valence-electron chi connectivity index (χ2n) is 3.99. The van der Waals surface area contributed by atoms with Crippen molar-refractivity contribution in [2.45, 2.75) is 0 Å². The monoisotopic (exact) mass is 270 g/mol. The average Bonchev–Trinajstić information content (AvgIpc) is 2.47. The Morgan fingerprint density at radius 2 is 2.10 bits per heavy atom. The van der Waals surface area contributed by atoms with Gasteiger partial charge in [-0.3, -0.25) is 4.79 Å². The molecule has 1 amide bonds. The maximum Gasteiger partial charge on any atom is 0.258 e. The lowest BCUT2D eigenvalue weighted by Crippen LogP contribution is -2.13. The third-order valence-electron chi connectivity index (χ3n) is 2.67. The Morgan fingerprint density at radius 1 is 1.30 bits per heavy atom. The van der Waals surface area contributed by atoms with E-state index in [0.717, 1.165) is 6.07 Å². The molecule has 0 radical (unpaired) electrons. The fraction of sp³-hybridized carbons (Fsp3) is 0.0667. The van der Waals surface area contributed by atoms with Gasteiger partial charge in [-0.05, 0) is 30.3 Å². The molecule has 0 bridgehead atoms. The van der Waals surface area contributed by atoms with Crippen LogP contribution in [0.4, 0.5) is 10.1 Å². The lowest BCUT2D eigenvalue weighted by atomic mass is 10.1. The van der Waals surface area contributed by atoms with Crippen LogP contribution in [0.3, 0.4) is 0 Å². The van der Waals surface area contributed by atoms with E-state index in [1.54, 1.807) is 18.2 Å². The van der Waals surface area contributed by atoms with Crippen molar-refractivity contribution in [1.82, 2.24) is 0 Å². The first-order chi connectivity index (χ1) is 9.63. The summed E-state index contributed by atoms with van der Waals surface area (Å²) in [7, 11) is 1.42. The Balaban J connectivity index is 2.22. The second kappa shape index (κ2) is 5.85. The zero-order valence-corrected chi connectivity index (χ0v) is 10.7. The standard InChI is InChI=1S/C15H11FN2O2/c1-20-12-5-6-13(14(16)8-12)15(19)18-11-4-2-3-10(7-11)9-17/h2-8H,1H3,(H,18,19). The topological polar surface area (TPSA) is 62.1 Å². The van der Waals surface area contributed by atoms with Gasteiger partial charge in [0.1, 0.15) is 11.6 Å². The van der Waals surface area contributed by atoms with E-state index in [0.29, 0.717) is 17.0 Å². The van der Waals surface area contributed by atoms with Crippen LogP contribution in [0.15, 0.2) is 42.5 Å². The molecular formula is C15H11FN2O2. The highest BCUT2D eigenvalue weighted by molar-refractivity contribution is 6.04. The van der Waals surface area contributed by atoms with E-state index in [2.05, 4.69) is 5.32 Å². The number of nitriles is 1. The van der Waals surface area contributed by atoms with E-state index in [9.17, 15) is 9.18 Å². The van der Waals surface area contributed by atoms with Crippen LogP contribution in [0.2, 0.25) is 0 Å². The van der Waals surface area contributed by atoms with Crippen LogP contribution in [0.25, 0.3) is 0 Å². The first kappa shape index (κ1) is 13.6. The molecule has 100 valence electrons. The highest BCUT2D eigenvalue weighted by atomic mass is 19.1. The predicted octanol–water partition coefficient (Wildman–Crippen LogP) is 2.96. The molecule has 0 fully saturated rings. The number of carbonyl (C=O) groups excluding carboxylic acids is 1. The number of ether oxygens (including phenoxy) is 1. The second-order valence-corrected chi connectivity index (χ2v) is 3.99. The number of amides is 1. The van der Waals surface area contributed by atoms with E-state index >= 15 is 0 Å². The minimum atomic E-state index is -0.668. The van der Waals surface area contributed by atoms with Crippen LogP contribution in [0, 0.1) is 17.1 Å². The fourth-order valence-electron chi connectivity index (χ4n) is 1.67. The van der Waals surface area contributed by atoms with Gasteiger partial charge in [0.05, 0.1) is 24.3 Å². The lowest BCUT2D eigenvalue weighted by Gasteiger charge is -2.07. The summed E-state index contributed by atoms with van der Waals surface area (Å²) < 4.78 is 18.6. The molecule has 2 aromatic carbocycles. The Bertz CT molecular complexity index is 693. The molecule has 2 rings (SSSR count). The van der Waals surface area contributed by atoms with Gasteiger partial charge in [-0.15, -0.1) is 0 Å². The molecule has 0 aliphatic carbocycles. The van der Waals surface area contributed by atoms with Crippen molar-refractivity contribution in [2.24, 2.45) is 0 Å². The van der Waals surface area contributed by atoms with Crippen LogP contribution in [0.5, 0.6) is 5.75 Å². The van der Waals surface area contributed by atoms with Crippen molar-refractivity contribution >= 4 is 11.6 Å². The fourth-order valence-corrected chi connectivity index (χ4v) is 1.67. The van der Waals surface area contributed by atoms with Crippen LogP contribution in [-0.2, 0) is 0 Å². The van der Waals surface area contributed by atoms with E-state index in [1.807, 2.05) is 6.07 Å². The molecule has 1 N–H and O–H groups in total. The lowest BCUT2D eigenvalue weighted by molar-refractivity contribution is 0.102. The third-order valence-corrected chi connectivity index (χ3v) is 2.67. The highest BCUT2D eigenvalue weighted by Gasteiger charge is 2.12. The zero-order valence-electron chi connectivity index (χ0n) is 10.7. The molecule has 5 heteroatoms. The number of nitrogens with one attached hydrogen (secondary N) is 1. The van der Waals surface area contributed by atoms with Crippen molar-refractivity contribution in [3.8, 4) is 11.8 Å². The number of hydrogen-bond acceptors (Lipinski definition) is 3. The number of rotatable bonds is 3. The molecule has 0 saturated heterocycles. The van der Waals surface area contributed by atoms with Crippen molar-refractivity contribution in [3.63, 3.8) is 0 Å². The van der Waals surface area contributed by atoms with Gasteiger partial charge in [0, 0.05) is 11.8 Å². The molecule has 0 aliphatic heterocycles. The first-order valence-corrected chi connectivity index (χ1v) is 5.79. The highest BCUT2D eigenvalue weighted by Crippen LogP contribution is 2.18. The molecule has 0 spiro atoms. The summed E-state index contributed by atoms with van der Waals surface area (Å²) in [6, 6.07) is 12.3. The predicted molar refractivity (Wildman–Crippen MR) is 72.1 cm³/mol. The van der Waals surface area contributed by atoms with Crippen molar-refractivity contribution in [3.05, 3.63) is 59.4 Å². The molecule has 0 aliphatic rings. The normalized spacial score (nSPS) is 9.65. The molecule has 0 saturated carbocycles. The van der Waals surface area contributed by atoms with Crippen molar-refractivity contribution in [2.75, 3.05) is 12.4 Å². The molecule has 0 aromatic heterocycles. The number of halogens is 1. The Hall–Kier alpha value is -2.87. The van der Waals surface area contributed by atoms with Gasteiger partial charge in [0.25, 0.3) is 5.91 Å². The third kappa shape index (κ3) is 2.93. The molecule has 0 atom stereocenters. The number of carbonyl (C=O) groups is 1. The Kier molecular flexibility index (Phi) is 3.96. The number of nitrogens with zero attached hydrogens (tertiary/aromatic N) is 1. The smallest absolute Gasteiger partial charge is 0.258 e. The number of hydrogen-bond donors (Lipinski definition) is 1.